The van der Waals surface area contributed by atoms with Crippen molar-refractivity contribution in [1.82, 2.24) is 0 Å². The van der Waals surface area contributed by atoms with Gasteiger partial charge in [0.1, 0.15) is 0 Å². The smallest absolute Gasteiger partial charge is 0.0487 e. The van der Waals surface area contributed by atoms with Crippen molar-refractivity contribution in [2.24, 2.45) is 5.41 Å². The molecule has 2 nitrogen and oxygen atoms in total. The van der Waals surface area contributed by atoms with Crippen LogP contribution in [0.2, 0.25) is 0 Å². The second kappa shape index (κ2) is 9.17. The molecule has 0 aromatic heterocycles. The van der Waals surface area contributed by atoms with Gasteiger partial charge < -0.3 is 10.2 Å². The van der Waals surface area contributed by atoms with Gasteiger partial charge in [-0.1, -0.05) is 39.5 Å². The van der Waals surface area contributed by atoms with Crippen molar-refractivity contribution < 1.29 is 10.2 Å². The van der Waals surface area contributed by atoms with Gasteiger partial charge in [-0.3, -0.25) is 0 Å². The lowest BCUT2D eigenvalue weighted by molar-refractivity contribution is 0.0868. The maximum Gasteiger partial charge on any atom is 0.0487 e. The molecule has 0 aromatic rings. The third-order valence-corrected chi connectivity index (χ3v) is 3.29. The Balaban J connectivity index is 4.09. The first kappa shape index (κ1) is 14.9. The van der Waals surface area contributed by atoms with Crippen LogP contribution in [-0.2, 0) is 0 Å². The summed E-state index contributed by atoms with van der Waals surface area (Å²) in [7, 11) is 0. The van der Waals surface area contributed by atoms with Gasteiger partial charge in [-0.2, -0.15) is 0 Å². The minimum atomic E-state index is 0.139. The average Bonchev–Trinajstić information content (AvgIpc) is 2.26. The molecule has 0 aliphatic carbocycles. The van der Waals surface area contributed by atoms with Gasteiger partial charge in [0, 0.05) is 13.2 Å². The molecule has 92 valence electrons. The maximum atomic E-state index is 9.57. The third-order valence-electron chi connectivity index (χ3n) is 3.29. The molecule has 0 radical (unpaired) electrons. The Morgan fingerprint density at radius 3 is 1.93 bits per heavy atom. The zero-order chi connectivity index (χ0) is 11.6. The summed E-state index contributed by atoms with van der Waals surface area (Å²) < 4.78 is 0. The number of aliphatic hydroxyl groups is 2. The highest BCUT2D eigenvalue weighted by Gasteiger charge is 2.26. The minimum Gasteiger partial charge on any atom is -0.396 e. The van der Waals surface area contributed by atoms with E-state index in [1.807, 2.05) is 0 Å². The van der Waals surface area contributed by atoms with E-state index in [-0.39, 0.29) is 12.0 Å². The van der Waals surface area contributed by atoms with Crippen LogP contribution in [0.5, 0.6) is 0 Å². The highest BCUT2D eigenvalue weighted by molar-refractivity contribution is 4.78. The van der Waals surface area contributed by atoms with E-state index < -0.39 is 0 Å². The first-order chi connectivity index (χ1) is 7.24. The number of aliphatic hydroxyl groups excluding tert-OH is 2. The minimum absolute atomic E-state index is 0.139. The van der Waals surface area contributed by atoms with E-state index in [1.165, 1.54) is 12.8 Å². The summed E-state index contributed by atoms with van der Waals surface area (Å²) in [5.74, 6) is 0. The average molecular weight is 216 g/mol. The van der Waals surface area contributed by atoms with E-state index in [1.54, 1.807) is 0 Å². The van der Waals surface area contributed by atoms with Crippen LogP contribution in [0.25, 0.3) is 0 Å². The van der Waals surface area contributed by atoms with Gasteiger partial charge in [-0.15, -0.1) is 0 Å². The van der Waals surface area contributed by atoms with Gasteiger partial charge in [0.2, 0.25) is 0 Å². The summed E-state index contributed by atoms with van der Waals surface area (Å²) in [6, 6.07) is 0. The summed E-state index contributed by atoms with van der Waals surface area (Å²) >= 11 is 0. The van der Waals surface area contributed by atoms with Gasteiger partial charge in [-0.25, -0.2) is 0 Å². The topological polar surface area (TPSA) is 40.5 Å². The van der Waals surface area contributed by atoms with Crippen molar-refractivity contribution in [3.63, 3.8) is 0 Å². The van der Waals surface area contributed by atoms with Crippen molar-refractivity contribution in [2.75, 3.05) is 13.2 Å². The van der Waals surface area contributed by atoms with Crippen LogP contribution < -0.4 is 0 Å². The van der Waals surface area contributed by atoms with Gasteiger partial charge in [-0.05, 0) is 31.1 Å². The molecule has 0 heterocycles. The molecule has 0 spiro atoms. The number of rotatable bonds is 10. The molecule has 0 rings (SSSR count). The quantitative estimate of drug-likeness (QED) is 0.551. The van der Waals surface area contributed by atoms with Crippen molar-refractivity contribution in [1.29, 1.82) is 0 Å². The van der Waals surface area contributed by atoms with Crippen LogP contribution in [-0.4, -0.2) is 23.4 Å². The monoisotopic (exact) mass is 216 g/mol. The highest BCUT2D eigenvalue weighted by atomic mass is 16.3. The number of unbranched alkanes of at least 4 members (excludes halogenated alkanes) is 2. The standard InChI is InChI=1S/C13H28O2/c1-3-5-9-13(12-15,8-4-2)10-6-7-11-14/h14-15H,3-12H2,1-2H3. The molecule has 1 unspecified atom stereocenters. The van der Waals surface area contributed by atoms with Gasteiger partial charge >= 0.3 is 0 Å². The Kier molecular flexibility index (Phi) is 9.12. The van der Waals surface area contributed by atoms with E-state index in [0.717, 1.165) is 38.5 Å². The summed E-state index contributed by atoms with van der Waals surface area (Å²) in [4.78, 5) is 0. The lowest BCUT2D eigenvalue weighted by atomic mass is 9.75. The predicted molar refractivity (Wildman–Crippen MR) is 64.9 cm³/mol. The van der Waals surface area contributed by atoms with Crippen molar-refractivity contribution >= 4 is 0 Å². The molecule has 0 aliphatic heterocycles. The molecule has 1 atom stereocenters. The van der Waals surface area contributed by atoms with Crippen LogP contribution in [0.15, 0.2) is 0 Å². The fourth-order valence-electron chi connectivity index (χ4n) is 2.31. The fourth-order valence-corrected chi connectivity index (χ4v) is 2.31. The molecule has 15 heavy (non-hydrogen) atoms. The Labute approximate surface area is 94.7 Å². The van der Waals surface area contributed by atoms with Crippen LogP contribution in [0.1, 0.15) is 65.2 Å². The Bertz CT molecular complexity index is 136. The molecule has 0 aromatic carbocycles. The fraction of sp³-hybridized carbons (Fsp3) is 1.00. The lowest BCUT2D eigenvalue weighted by Crippen LogP contribution is -2.25. The molecule has 0 saturated carbocycles. The van der Waals surface area contributed by atoms with Crippen molar-refractivity contribution in [2.45, 2.75) is 65.2 Å². The SMILES string of the molecule is CCCCC(CO)(CCC)CCCCO. The first-order valence-corrected chi connectivity index (χ1v) is 6.46. The number of hydrogen-bond donors (Lipinski definition) is 2. The Morgan fingerprint density at radius 1 is 0.800 bits per heavy atom. The molecule has 0 saturated heterocycles. The second-order valence-corrected chi connectivity index (χ2v) is 4.69. The third kappa shape index (κ3) is 6.16. The summed E-state index contributed by atoms with van der Waals surface area (Å²) in [5, 5.41) is 18.4. The molecule has 0 amide bonds. The maximum absolute atomic E-state index is 9.57. The van der Waals surface area contributed by atoms with E-state index in [0.29, 0.717) is 6.61 Å². The van der Waals surface area contributed by atoms with Crippen LogP contribution >= 0.6 is 0 Å². The largest absolute Gasteiger partial charge is 0.396 e. The van der Waals surface area contributed by atoms with E-state index in [9.17, 15) is 5.11 Å². The van der Waals surface area contributed by atoms with Crippen molar-refractivity contribution in [3.05, 3.63) is 0 Å². The van der Waals surface area contributed by atoms with Crippen LogP contribution in [0, 0.1) is 5.41 Å². The molecular weight excluding hydrogens is 188 g/mol. The van der Waals surface area contributed by atoms with Crippen molar-refractivity contribution in [3.8, 4) is 0 Å². The highest BCUT2D eigenvalue weighted by Crippen LogP contribution is 2.35. The molecule has 0 fully saturated rings. The molecule has 2 N–H and O–H groups in total. The van der Waals surface area contributed by atoms with Gasteiger partial charge in [0.15, 0.2) is 0 Å². The normalized spacial score (nSPS) is 15.2. The predicted octanol–water partition coefficient (Wildman–Crippen LogP) is 3.12. The number of hydrogen-bond acceptors (Lipinski definition) is 2. The summed E-state index contributed by atoms with van der Waals surface area (Å²) in [6.07, 6.45) is 8.79. The van der Waals surface area contributed by atoms with Gasteiger partial charge in [0.25, 0.3) is 0 Å². The van der Waals surface area contributed by atoms with E-state index in [2.05, 4.69) is 13.8 Å². The lowest BCUT2D eigenvalue weighted by Gasteiger charge is -2.32. The summed E-state index contributed by atoms with van der Waals surface area (Å²) in [6.45, 7) is 4.97. The molecule has 0 bridgehead atoms. The second-order valence-electron chi connectivity index (χ2n) is 4.69. The zero-order valence-corrected chi connectivity index (χ0v) is 10.5. The Morgan fingerprint density at radius 2 is 1.47 bits per heavy atom. The molecular formula is C13H28O2. The van der Waals surface area contributed by atoms with E-state index >= 15 is 0 Å². The Hall–Kier alpha value is -0.0800. The first-order valence-electron chi connectivity index (χ1n) is 6.46. The summed E-state index contributed by atoms with van der Waals surface area (Å²) in [5.41, 5.74) is 0.139. The zero-order valence-electron chi connectivity index (χ0n) is 10.5. The molecule has 2 heteroatoms. The van der Waals surface area contributed by atoms with Crippen LogP contribution in [0.4, 0.5) is 0 Å². The van der Waals surface area contributed by atoms with E-state index in [4.69, 9.17) is 5.11 Å². The van der Waals surface area contributed by atoms with Gasteiger partial charge in [0.05, 0.1) is 0 Å². The molecule has 0 aliphatic rings. The van der Waals surface area contributed by atoms with Crippen LogP contribution in [0.3, 0.4) is 0 Å².